The number of carbonyl (C=O) groups excluding carboxylic acids is 1. The summed E-state index contributed by atoms with van der Waals surface area (Å²) in [6.45, 7) is 7.68. The minimum Gasteiger partial charge on any atom is -0.381 e. The van der Waals surface area contributed by atoms with Crippen molar-refractivity contribution in [3.05, 3.63) is 0 Å². The SMILES string of the molecule is CN(CCN(C1CCOCC1)C1CCN(C(=O)C2CC2)C1)C1CCOCC1. The molecule has 6 heteroatoms. The van der Waals surface area contributed by atoms with E-state index in [1.54, 1.807) is 0 Å². The van der Waals surface area contributed by atoms with E-state index >= 15 is 0 Å². The zero-order valence-corrected chi connectivity index (χ0v) is 17.0. The minimum atomic E-state index is 0.347. The summed E-state index contributed by atoms with van der Waals surface area (Å²) in [5.41, 5.74) is 0. The van der Waals surface area contributed by atoms with Gasteiger partial charge in [-0.15, -0.1) is 0 Å². The van der Waals surface area contributed by atoms with Gasteiger partial charge in [-0.2, -0.15) is 0 Å². The van der Waals surface area contributed by atoms with E-state index in [1.165, 1.54) is 0 Å². The smallest absolute Gasteiger partial charge is 0.225 e. The highest BCUT2D eigenvalue weighted by molar-refractivity contribution is 5.81. The molecule has 3 saturated heterocycles. The van der Waals surface area contributed by atoms with Crippen LogP contribution in [0.2, 0.25) is 0 Å². The maximum atomic E-state index is 12.5. The molecule has 0 aromatic rings. The van der Waals surface area contributed by atoms with E-state index in [0.717, 1.165) is 97.6 Å². The first-order valence-corrected chi connectivity index (χ1v) is 11.1. The van der Waals surface area contributed by atoms with Gasteiger partial charge in [0.25, 0.3) is 0 Å². The summed E-state index contributed by atoms with van der Waals surface area (Å²) in [5.74, 6) is 0.767. The van der Waals surface area contributed by atoms with Crippen LogP contribution < -0.4 is 0 Å². The van der Waals surface area contributed by atoms with Crippen molar-refractivity contribution in [2.24, 2.45) is 5.92 Å². The highest BCUT2D eigenvalue weighted by Gasteiger charge is 2.39. The molecular weight excluding hydrogens is 342 g/mol. The van der Waals surface area contributed by atoms with Crippen molar-refractivity contribution < 1.29 is 14.3 Å². The third-order valence-corrected chi connectivity index (χ3v) is 7.06. The normalized spacial score (nSPS) is 28.4. The Kier molecular flexibility index (Phi) is 6.69. The van der Waals surface area contributed by atoms with Crippen LogP contribution in [0.25, 0.3) is 0 Å². The standard InChI is InChI=1S/C21H37N3O3/c1-22(18-5-12-26-13-6-18)10-11-24(19-7-14-27-15-8-19)20-4-9-23(16-20)21(25)17-2-3-17/h17-20H,2-16H2,1H3. The first-order valence-electron chi connectivity index (χ1n) is 11.1. The van der Waals surface area contributed by atoms with Gasteiger partial charge in [0.15, 0.2) is 0 Å². The molecule has 0 bridgehead atoms. The number of amides is 1. The summed E-state index contributed by atoms with van der Waals surface area (Å²) in [6, 6.07) is 1.80. The van der Waals surface area contributed by atoms with Gasteiger partial charge in [0.05, 0.1) is 0 Å². The van der Waals surface area contributed by atoms with E-state index in [2.05, 4.69) is 21.7 Å². The van der Waals surface area contributed by atoms with E-state index < -0.39 is 0 Å². The van der Waals surface area contributed by atoms with Gasteiger partial charge in [-0.1, -0.05) is 0 Å². The molecule has 3 heterocycles. The second kappa shape index (κ2) is 9.21. The molecule has 0 aromatic heterocycles. The quantitative estimate of drug-likeness (QED) is 0.672. The summed E-state index contributed by atoms with van der Waals surface area (Å²) in [5, 5.41) is 0. The van der Waals surface area contributed by atoms with E-state index in [4.69, 9.17) is 9.47 Å². The van der Waals surface area contributed by atoms with Gasteiger partial charge in [0.2, 0.25) is 5.91 Å². The summed E-state index contributed by atoms with van der Waals surface area (Å²) < 4.78 is 11.1. The fourth-order valence-electron chi connectivity index (χ4n) is 5.06. The molecule has 4 rings (SSSR count). The van der Waals surface area contributed by atoms with Crippen molar-refractivity contribution in [3.8, 4) is 0 Å². The molecule has 4 fully saturated rings. The monoisotopic (exact) mass is 379 g/mol. The van der Waals surface area contributed by atoms with Crippen molar-refractivity contribution in [3.63, 3.8) is 0 Å². The Labute approximate surface area is 164 Å². The van der Waals surface area contributed by atoms with Crippen LogP contribution >= 0.6 is 0 Å². The first-order chi connectivity index (χ1) is 13.2. The van der Waals surface area contributed by atoms with Crippen molar-refractivity contribution in [2.45, 2.75) is 63.1 Å². The Bertz CT molecular complexity index is 487. The van der Waals surface area contributed by atoms with Crippen LogP contribution in [-0.2, 0) is 14.3 Å². The molecule has 1 saturated carbocycles. The van der Waals surface area contributed by atoms with Gasteiger partial charge < -0.3 is 19.3 Å². The van der Waals surface area contributed by atoms with Crippen molar-refractivity contribution in [2.75, 3.05) is 59.7 Å². The lowest BCUT2D eigenvalue weighted by Crippen LogP contribution is -2.51. The lowest BCUT2D eigenvalue weighted by molar-refractivity contribution is -0.131. The molecule has 1 amide bonds. The molecule has 27 heavy (non-hydrogen) atoms. The predicted molar refractivity (Wildman–Crippen MR) is 105 cm³/mol. The molecule has 1 atom stereocenters. The lowest BCUT2D eigenvalue weighted by Gasteiger charge is -2.40. The molecule has 4 aliphatic rings. The van der Waals surface area contributed by atoms with Gasteiger partial charge >= 0.3 is 0 Å². The average Bonchev–Trinajstić information content (AvgIpc) is 3.46. The Morgan fingerprint density at radius 2 is 1.48 bits per heavy atom. The molecular formula is C21H37N3O3. The Hall–Kier alpha value is -0.690. The molecule has 1 aliphatic carbocycles. The lowest BCUT2D eigenvalue weighted by atomic mass is 10.0. The van der Waals surface area contributed by atoms with Crippen molar-refractivity contribution in [1.82, 2.24) is 14.7 Å². The number of likely N-dealkylation sites (N-methyl/N-ethyl adjacent to an activating group) is 1. The van der Waals surface area contributed by atoms with Crippen LogP contribution in [0.4, 0.5) is 0 Å². The highest BCUT2D eigenvalue weighted by atomic mass is 16.5. The fourth-order valence-corrected chi connectivity index (χ4v) is 5.06. The Morgan fingerprint density at radius 1 is 0.852 bits per heavy atom. The van der Waals surface area contributed by atoms with Crippen molar-refractivity contribution in [1.29, 1.82) is 0 Å². The maximum absolute atomic E-state index is 12.5. The van der Waals surface area contributed by atoms with Gasteiger partial charge in [0.1, 0.15) is 0 Å². The number of carbonyl (C=O) groups is 1. The van der Waals surface area contributed by atoms with Gasteiger partial charge in [-0.05, 0) is 52.0 Å². The third-order valence-electron chi connectivity index (χ3n) is 7.06. The fraction of sp³-hybridized carbons (Fsp3) is 0.952. The number of hydrogen-bond acceptors (Lipinski definition) is 5. The zero-order chi connectivity index (χ0) is 18.6. The van der Waals surface area contributed by atoms with Crippen LogP contribution in [0, 0.1) is 5.92 Å². The van der Waals surface area contributed by atoms with E-state index in [1.807, 2.05) is 0 Å². The molecule has 3 aliphatic heterocycles. The van der Waals surface area contributed by atoms with Gasteiger partial charge in [-0.3, -0.25) is 9.69 Å². The van der Waals surface area contributed by atoms with E-state index in [0.29, 0.717) is 30.0 Å². The molecule has 0 N–H and O–H groups in total. The Morgan fingerprint density at radius 3 is 2.11 bits per heavy atom. The van der Waals surface area contributed by atoms with Crippen LogP contribution in [0.1, 0.15) is 44.9 Å². The number of ether oxygens (including phenoxy) is 2. The molecule has 0 aromatic carbocycles. The first kappa shape index (κ1) is 19.6. The molecule has 0 spiro atoms. The molecule has 1 unspecified atom stereocenters. The summed E-state index contributed by atoms with van der Waals surface area (Å²) in [7, 11) is 2.27. The van der Waals surface area contributed by atoms with Gasteiger partial charge in [0, 0.05) is 76.6 Å². The predicted octanol–water partition coefficient (Wildman–Crippen LogP) is 1.59. The van der Waals surface area contributed by atoms with Crippen molar-refractivity contribution >= 4 is 5.91 Å². The summed E-state index contributed by atoms with van der Waals surface area (Å²) >= 11 is 0. The van der Waals surface area contributed by atoms with E-state index in [9.17, 15) is 4.79 Å². The third kappa shape index (κ3) is 5.03. The average molecular weight is 380 g/mol. The highest BCUT2D eigenvalue weighted by Crippen LogP contribution is 2.33. The Balaban J connectivity index is 1.34. The number of nitrogens with zero attached hydrogens (tertiary/aromatic N) is 3. The van der Waals surface area contributed by atoms with Crippen LogP contribution in [0.3, 0.4) is 0 Å². The summed E-state index contributed by atoms with van der Waals surface area (Å²) in [6.07, 6.45) is 7.93. The topological polar surface area (TPSA) is 45.2 Å². The number of likely N-dealkylation sites (tertiary alicyclic amines) is 1. The number of hydrogen-bond donors (Lipinski definition) is 0. The number of rotatable bonds is 7. The second-order valence-electron chi connectivity index (χ2n) is 8.91. The van der Waals surface area contributed by atoms with Crippen LogP contribution in [0.15, 0.2) is 0 Å². The van der Waals surface area contributed by atoms with Gasteiger partial charge in [-0.25, -0.2) is 0 Å². The molecule has 0 radical (unpaired) electrons. The maximum Gasteiger partial charge on any atom is 0.225 e. The second-order valence-corrected chi connectivity index (χ2v) is 8.91. The largest absolute Gasteiger partial charge is 0.381 e. The van der Waals surface area contributed by atoms with Crippen LogP contribution in [-0.4, -0.2) is 98.4 Å². The zero-order valence-electron chi connectivity index (χ0n) is 17.0. The van der Waals surface area contributed by atoms with Crippen LogP contribution in [0.5, 0.6) is 0 Å². The molecule has 154 valence electrons. The summed E-state index contributed by atoms with van der Waals surface area (Å²) in [4.78, 5) is 19.9. The molecule has 6 nitrogen and oxygen atoms in total. The minimum absolute atomic E-state index is 0.347. The van der Waals surface area contributed by atoms with E-state index in [-0.39, 0.29) is 0 Å².